The summed E-state index contributed by atoms with van der Waals surface area (Å²) in [6, 6.07) is -2.06. The molecule has 0 unspecified atom stereocenters. The molecule has 0 aliphatic heterocycles. The number of nitrogens with two attached hydrogens (primary N) is 1. The minimum Gasteiger partial charge on any atom is -1.00 e. The molecule has 0 bridgehead atoms. The minimum atomic E-state index is -1.20. The first kappa shape index (κ1) is 27.7. The molecule has 0 fully saturated rings. The molecule has 0 rings (SSSR count). The van der Waals surface area contributed by atoms with Crippen LogP contribution in [0.15, 0.2) is 0 Å². The second-order valence-electron chi connectivity index (χ2n) is 6.87. The van der Waals surface area contributed by atoms with E-state index in [4.69, 9.17) is 10.8 Å². The highest BCUT2D eigenvalue weighted by atomic mass is 35.5. The van der Waals surface area contributed by atoms with E-state index < -0.39 is 29.9 Å². The van der Waals surface area contributed by atoms with Crippen LogP contribution in [0.3, 0.4) is 0 Å². The van der Waals surface area contributed by atoms with E-state index in [1.54, 1.807) is 0 Å². The van der Waals surface area contributed by atoms with Gasteiger partial charge in [-0.3, -0.25) is 19.2 Å². The number of nitrogens with zero attached hydrogens (tertiary/aromatic N) is 1. The Labute approximate surface area is 171 Å². The summed E-state index contributed by atoms with van der Waals surface area (Å²) in [7, 11) is 5.99. The van der Waals surface area contributed by atoms with Gasteiger partial charge in [0.1, 0.15) is 12.1 Å². The second-order valence-corrected chi connectivity index (χ2v) is 7.23. The van der Waals surface area contributed by atoms with Crippen LogP contribution in [0.5, 0.6) is 0 Å². The van der Waals surface area contributed by atoms with E-state index >= 15 is 0 Å². The summed E-state index contributed by atoms with van der Waals surface area (Å²) in [5.41, 5.74) is 5.32. The van der Waals surface area contributed by atoms with E-state index in [1.165, 1.54) is 0 Å². The normalized spacial score (nSPS) is 12.9. The first-order chi connectivity index (χ1) is 12.0. The summed E-state index contributed by atoms with van der Waals surface area (Å²) in [6.45, 7) is 1.02. The lowest BCUT2D eigenvalue weighted by Gasteiger charge is -2.23. The number of thiol groups is 1. The van der Waals surface area contributed by atoms with Crippen LogP contribution in [0.1, 0.15) is 12.8 Å². The smallest absolute Gasteiger partial charge is 0.320 e. The predicted octanol–water partition coefficient (Wildman–Crippen LogP) is -5.46. The number of carbonyl (C=O) groups excluding carboxylic acids is 3. The molecule has 6 N–H and O–H groups in total. The van der Waals surface area contributed by atoms with Crippen LogP contribution >= 0.6 is 12.6 Å². The molecule has 10 nitrogen and oxygen atoms in total. The van der Waals surface area contributed by atoms with Gasteiger partial charge in [0.15, 0.2) is 0 Å². The SMILES string of the molecule is C[N+](C)(C)CCNC(=O)CNC(=O)[C@H](CS)NC(=O)CC[C@H](N)C(=O)O.[Cl-]. The van der Waals surface area contributed by atoms with Crippen LogP contribution in [-0.2, 0) is 19.2 Å². The Morgan fingerprint density at radius 1 is 1.11 bits per heavy atom. The number of rotatable bonds is 12. The molecule has 0 saturated heterocycles. The number of likely N-dealkylation sites (N-methyl/N-ethyl adjacent to an activating group) is 1. The number of hydrogen-bond acceptors (Lipinski definition) is 6. The van der Waals surface area contributed by atoms with Crippen molar-refractivity contribution in [3.63, 3.8) is 0 Å². The molecule has 3 amide bonds. The zero-order valence-electron chi connectivity index (χ0n) is 15.8. The number of carboxylic acid groups (broad SMARTS) is 1. The summed E-state index contributed by atoms with van der Waals surface area (Å²) in [4.78, 5) is 46.1. The van der Waals surface area contributed by atoms with Crippen molar-refractivity contribution in [1.29, 1.82) is 0 Å². The standard InChI is InChI=1S/C15H29N5O5S.ClH/c1-20(2,3)7-6-17-13(22)8-18-14(23)11(9-26)19-12(21)5-4-10(16)15(24)25;/h10-11H,4-9,16H2,1-3H3,(H4-,17,18,19,21,22,23,24,25,26);1H/t10-,11-;/m0./s1. The molecule has 0 saturated carbocycles. The van der Waals surface area contributed by atoms with Gasteiger partial charge in [-0.2, -0.15) is 12.6 Å². The van der Waals surface area contributed by atoms with Crippen LogP contribution in [0.4, 0.5) is 0 Å². The number of carboxylic acids is 1. The van der Waals surface area contributed by atoms with E-state index in [9.17, 15) is 19.2 Å². The molecule has 2 atom stereocenters. The number of nitrogens with one attached hydrogen (secondary N) is 3. The molecular formula is C15H30ClN5O5S. The van der Waals surface area contributed by atoms with Gasteiger partial charge in [-0.1, -0.05) is 0 Å². The first-order valence-electron chi connectivity index (χ1n) is 8.19. The van der Waals surface area contributed by atoms with Crippen LogP contribution < -0.4 is 34.1 Å². The van der Waals surface area contributed by atoms with Gasteiger partial charge in [0.05, 0.1) is 40.8 Å². The van der Waals surface area contributed by atoms with Crippen molar-refractivity contribution in [2.45, 2.75) is 24.9 Å². The number of aliphatic carboxylic acids is 1. The topological polar surface area (TPSA) is 151 Å². The number of hydrogen-bond donors (Lipinski definition) is 6. The molecule has 27 heavy (non-hydrogen) atoms. The second kappa shape index (κ2) is 13.6. The Bertz CT molecular complexity index is 515. The number of halogens is 1. The maximum Gasteiger partial charge on any atom is 0.320 e. The van der Waals surface area contributed by atoms with Gasteiger partial charge in [0, 0.05) is 12.2 Å². The molecule has 158 valence electrons. The molecule has 12 heteroatoms. The van der Waals surface area contributed by atoms with Crippen LogP contribution in [0.25, 0.3) is 0 Å². The molecule has 0 aromatic carbocycles. The molecular weight excluding hydrogens is 398 g/mol. The Balaban J connectivity index is 0. The average molecular weight is 428 g/mol. The van der Waals surface area contributed by atoms with Gasteiger partial charge in [-0.05, 0) is 6.42 Å². The van der Waals surface area contributed by atoms with Gasteiger partial charge in [0.2, 0.25) is 17.7 Å². The summed E-state index contributed by atoms with van der Waals surface area (Å²) >= 11 is 4.01. The predicted molar refractivity (Wildman–Crippen MR) is 99.5 cm³/mol. The van der Waals surface area contributed by atoms with Crippen molar-refractivity contribution in [2.24, 2.45) is 5.73 Å². The monoisotopic (exact) mass is 427 g/mol. The fourth-order valence-corrected chi connectivity index (χ4v) is 2.01. The summed E-state index contributed by atoms with van der Waals surface area (Å²) in [5.74, 6) is -2.55. The van der Waals surface area contributed by atoms with Crippen molar-refractivity contribution in [3.8, 4) is 0 Å². The van der Waals surface area contributed by atoms with Crippen molar-refractivity contribution >= 4 is 36.3 Å². The largest absolute Gasteiger partial charge is 1.00 e. The van der Waals surface area contributed by atoms with E-state index in [2.05, 4.69) is 28.6 Å². The van der Waals surface area contributed by atoms with Gasteiger partial charge in [-0.25, -0.2) is 0 Å². The molecule has 0 heterocycles. The van der Waals surface area contributed by atoms with E-state index in [0.717, 1.165) is 6.54 Å². The maximum absolute atomic E-state index is 12.0. The maximum atomic E-state index is 12.0. The number of amides is 3. The molecule has 0 aromatic heterocycles. The summed E-state index contributed by atoms with van der Waals surface area (Å²) in [5, 5.41) is 16.2. The lowest BCUT2D eigenvalue weighted by atomic mass is 10.1. The molecule has 0 radical (unpaired) electrons. The Morgan fingerprint density at radius 3 is 2.19 bits per heavy atom. The van der Waals surface area contributed by atoms with Gasteiger partial charge in [0.25, 0.3) is 0 Å². The lowest BCUT2D eigenvalue weighted by Crippen LogP contribution is -3.00. The summed E-state index contributed by atoms with van der Waals surface area (Å²) < 4.78 is 0.700. The van der Waals surface area contributed by atoms with E-state index in [-0.39, 0.29) is 43.5 Å². The quantitative estimate of drug-likeness (QED) is 0.135. The van der Waals surface area contributed by atoms with Crippen molar-refractivity contribution < 1.29 is 41.2 Å². The zero-order valence-corrected chi connectivity index (χ0v) is 17.5. The van der Waals surface area contributed by atoms with Gasteiger partial charge in [-0.15, -0.1) is 0 Å². The van der Waals surface area contributed by atoms with Gasteiger partial charge < -0.3 is 43.7 Å². The Kier molecular flexibility index (Phi) is 13.9. The Morgan fingerprint density at radius 2 is 1.70 bits per heavy atom. The van der Waals surface area contributed by atoms with Crippen LogP contribution in [0, 0.1) is 0 Å². The highest BCUT2D eigenvalue weighted by Crippen LogP contribution is 1.97. The summed E-state index contributed by atoms with van der Waals surface area (Å²) in [6.07, 6.45) is -0.173. The lowest BCUT2D eigenvalue weighted by molar-refractivity contribution is -0.869. The highest BCUT2D eigenvalue weighted by molar-refractivity contribution is 7.80. The minimum absolute atomic E-state index is 0. The average Bonchev–Trinajstić information content (AvgIpc) is 2.53. The fraction of sp³-hybridized carbons (Fsp3) is 0.733. The van der Waals surface area contributed by atoms with Gasteiger partial charge >= 0.3 is 5.97 Å². The molecule has 0 aliphatic rings. The van der Waals surface area contributed by atoms with Crippen molar-refractivity contribution in [2.75, 3.05) is 46.5 Å². The molecule has 0 aromatic rings. The number of quaternary nitrogens is 1. The highest BCUT2D eigenvalue weighted by Gasteiger charge is 2.21. The first-order valence-corrected chi connectivity index (χ1v) is 8.83. The Hall–Kier alpha value is -1.56. The van der Waals surface area contributed by atoms with Crippen LogP contribution in [0.2, 0.25) is 0 Å². The third kappa shape index (κ3) is 14.2. The van der Waals surface area contributed by atoms with Crippen molar-refractivity contribution in [1.82, 2.24) is 16.0 Å². The third-order valence-corrected chi connectivity index (χ3v) is 3.73. The van der Waals surface area contributed by atoms with Crippen LogP contribution in [-0.4, -0.2) is 91.9 Å². The van der Waals surface area contributed by atoms with Crippen molar-refractivity contribution in [3.05, 3.63) is 0 Å². The zero-order chi connectivity index (χ0) is 20.3. The molecule has 0 spiro atoms. The third-order valence-electron chi connectivity index (χ3n) is 3.36. The number of carbonyl (C=O) groups is 4. The van der Waals surface area contributed by atoms with E-state index in [1.807, 2.05) is 21.1 Å². The van der Waals surface area contributed by atoms with E-state index in [0.29, 0.717) is 11.0 Å². The molecule has 0 aliphatic carbocycles. The fourth-order valence-electron chi connectivity index (χ4n) is 1.75.